The summed E-state index contributed by atoms with van der Waals surface area (Å²) in [6, 6.07) is 55.9. The first-order valence-corrected chi connectivity index (χ1v) is 18.7. The van der Waals surface area contributed by atoms with Gasteiger partial charge in [-0.15, -0.1) is 0 Å². The van der Waals surface area contributed by atoms with Gasteiger partial charge in [-0.1, -0.05) is 140 Å². The molecule has 2 aromatic heterocycles. The van der Waals surface area contributed by atoms with Crippen molar-refractivity contribution in [3.05, 3.63) is 192 Å². The molecule has 0 N–H and O–H groups in total. The molecule has 2 aliphatic carbocycles. The second kappa shape index (κ2) is 12.6. The van der Waals surface area contributed by atoms with Crippen molar-refractivity contribution in [1.29, 1.82) is 0 Å². The molecule has 1 unspecified atom stereocenters. The molecule has 52 heavy (non-hydrogen) atoms. The van der Waals surface area contributed by atoms with Crippen LogP contribution in [0.4, 0.5) is 0 Å². The average molecular weight is 669 g/mol. The first-order valence-electron chi connectivity index (χ1n) is 18.7. The Kier molecular flexibility index (Phi) is 7.42. The Balaban J connectivity index is 1.23. The van der Waals surface area contributed by atoms with Gasteiger partial charge in [0.15, 0.2) is 0 Å². The minimum atomic E-state index is 0.256. The summed E-state index contributed by atoms with van der Waals surface area (Å²) >= 11 is 0. The van der Waals surface area contributed by atoms with Crippen LogP contribution in [0.2, 0.25) is 0 Å². The maximum absolute atomic E-state index is 2.60. The fourth-order valence-corrected chi connectivity index (χ4v) is 9.11. The van der Waals surface area contributed by atoms with Gasteiger partial charge in [0.25, 0.3) is 0 Å². The summed E-state index contributed by atoms with van der Waals surface area (Å²) in [6.07, 6.45) is 12.8. The van der Waals surface area contributed by atoms with Crippen molar-refractivity contribution in [2.75, 3.05) is 0 Å². The quantitative estimate of drug-likeness (QED) is 0.167. The van der Waals surface area contributed by atoms with Gasteiger partial charge in [-0.25, -0.2) is 0 Å². The van der Waals surface area contributed by atoms with E-state index in [1.807, 2.05) is 0 Å². The largest absolute Gasteiger partial charge is 0.313 e. The third-order valence-corrected chi connectivity index (χ3v) is 11.4. The van der Waals surface area contributed by atoms with Gasteiger partial charge in [0, 0.05) is 45.1 Å². The van der Waals surface area contributed by atoms with Crippen LogP contribution in [0, 0.1) is 5.92 Å². The molecule has 0 bridgehead atoms. The summed E-state index contributed by atoms with van der Waals surface area (Å²) in [5.41, 5.74) is 15.6. The highest BCUT2D eigenvalue weighted by atomic mass is 15.0. The topological polar surface area (TPSA) is 9.86 Å². The van der Waals surface area contributed by atoms with Crippen LogP contribution in [-0.4, -0.2) is 9.13 Å². The molecule has 2 aliphatic rings. The zero-order chi connectivity index (χ0) is 34.6. The summed E-state index contributed by atoms with van der Waals surface area (Å²) in [7, 11) is 0. The summed E-state index contributed by atoms with van der Waals surface area (Å²) in [6.45, 7) is 2.35. The van der Waals surface area contributed by atoms with Crippen LogP contribution in [0.1, 0.15) is 48.1 Å². The Morgan fingerprint density at radius 2 is 1.33 bits per heavy atom. The molecule has 2 heteroatoms. The maximum atomic E-state index is 2.60. The Hall–Kier alpha value is -6.12. The van der Waals surface area contributed by atoms with Crippen molar-refractivity contribution in [3.8, 4) is 16.8 Å². The van der Waals surface area contributed by atoms with Crippen LogP contribution in [-0.2, 0) is 6.42 Å². The molecule has 0 fully saturated rings. The van der Waals surface area contributed by atoms with E-state index in [-0.39, 0.29) is 5.92 Å². The third kappa shape index (κ3) is 4.86. The van der Waals surface area contributed by atoms with E-state index in [1.165, 1.54) is 83.2 Å². The zero-order valence-electron chi connectivity index (χ0n) is 29.4. The van der Waals surface area contributed by atoms with E-state index >= 15 is 0 Å². The third-order valence-electron chi connectivity index (χ3n) is 11.4. The van der Waals surface area contributed by atoms with Crippen LogP contribution in [0.25, 0.3) is 66.9 Å². The number of hydrogen-bond donors (Lipinski definition) is 0. The number of aromatic nitrogens is 2. The van der Waals surface area contributed by atoms with Crippen molar-refractivity contribution in [1.82, 2.24) is 9.13 Å². The normalized spacial score (nSPS) is 17.0. The van der Waals surface area contributed by atoms with Crippen LogP contribution in [0.15, 0.2) is 170 Å². The number of aryl methyl sites for hydroxylation is 1. The Bertz CT molecular complexity index is 2700. The number of allylic oxidation sites excluding steroid dienone is 5. The maximum Gasteiger partial charge on any atom is 0.0544 e. The predicted molar refractivity (Wildman–Crippen MR) is 221 cm³/mol. The highest BCUT2D eigenvalue weighted by Gasteiger charge is 2.31. The number of rotatable bonds is 6. The number of hydrogen-bond acceptors (Lipinski definition) is 0. The van der Waals surface area contributed by atoms with Crippen molar-refractivity contribution in [2.24, 2.45) is 5.92 Å². The van der Waals surface area contributed by atoms with Crippen molar-refractivity contribution >= 4 is 50.1 Å². The van der Waals surface area contributed by atoms with E-state index in [2.05, 4.69) is 192 Å². The molecule has 6 aromatic carbocycles. The first-order chi connectivity index (χ1) is 25.8. The van der Waals surface area contributed by atoms with E-state index in [9.17, 15) is 0 Å². The number of nitrogens with zero attached hydrogens (tertiary/aromatic N) is 2. The van der Waals surface area contributed by atoms with Gasteiger partial charge < -0.3 is 9.13 Å². The molecular formula is C50H40N2. The monoisotopic (exact) mass is 668 g/mol. The predicted octanol–water partition coefficient (Wildman–Crippen LogP) is 13.1. The number of para-hydroxylation sites is 2. The van der Waals surface area contributed by atoms with E-state index in [1.54, 1.807) is 0 Å². The lowest BCUT2D eigenvalue weighted by Crippen LogP contribution is -2.20. The summed E-state index contributed by atoms with van der Waals surface area (Å²) in [5.74, 6) is 0.562. The van der Waals surface area contributed by atoms with Crippen LogP contribution >= 0.6 is 0 Å². The number of fused-ring (bicyclic) bond motifs is 6. The van der Waals surface area contributed by atoms with Gasteiger partial charge in [0.05, 0.1) is 16.6 Å². The molecule has 10 rings (SSSR count). The lowest BCUT2D eigenvalue weighted by Gasteiger charge is -2.33. The van der Waals surface area contributed by atoms with Crippen molar-refractivity contribution in [2.45, 2.75) is 32.1 Å². The lowest BCUT2D eigenvalue weighted by molar-refractivity contribution is 0.560. The fourth-order valence-electron chi connectivity index (χ4n) is 9.11. The van der Waals surface area contributed by atoms with E-state index in [0.717, 1.165) is 19.3 Å². The Morgan fingerprint density at radius 3 is 2.13 bits per heavy atom. The van der Waals surface area contributed by atoms with Crippen LogP contribution < -0.4 is 0 Å². The minimum absolute atomic E-state index is 0.256. The lowest BCUT2D eigenvalue weighted by atomic mass is 9.76. The summed E-state index contributed by atoms with van der Waals surface area (Å²) < 4.78 is 5.06. The molecule has 0 saturated heterocycles. The highest BCUT2D eigenvalue weighted by Crippen LogP contribution is 2.47. The van der Waals surface area contributed by atoms with E-state index < -0.39 is 0 Å². The van der Waals surface area contributed by atoms with E-state index in [4.69, 9.17) is 0 Å². The molecule has 0 radical (unpaired) electrons. The van der Waals surface area contributed by atoms with Gasteiger partial charge in [-0.3, -0.25) is 0 Å². The first kappa shape index (κ1) is 30.7. The Labute approximate surface area is 305 Å². The molecule has 0 spiro atoms. The van der Waals surface area contributed by atoms with Gasteiger partial charge >= 0.3 is 0 Å². The smallest absolute Gasteiger partial charge is 0.0544 e. The summed E-state index contributed by atoms with van der Waals surface area (Å²) in [5, 5.41) is 3.96. The van der Waals surface area contributed by atoms with Gasteiger partial charge in [0.2, 0.25) is 0 Å². The molecule has 0 aliphatic heterocycles. The molecule has 2 heterocycles. The van der Waals surface area contributed by atoms with Gasteiger partial charge in [-0.2, -0.15) is 0 Å². The molecule has 0 saturated carbocycles. The molecule has 0 amide bonds. The van der Waals surface area contributed by atoms with E-state index in [0.29, 0.717) is 5.92 Å². The molecule has 250 valence electrons. The van der Waals surface area contributed by atoms with Crippen molar-refractivity contribution in [3.63, 3.8) is 0 Å². The van der Waals surface area contributed by atoms with Crippen molar-refractivity contribution < 1.29 is 0 Å². The fraction of sp³-hybridized carbons (Fsp3) is 0.120. The standard InChI is InChI=1S/C50H40N2/c1-2-39-44(35-19-8-4-9-20-35)31-37(34-17-6-3-7-18-34)33-48(39)52-45-26-14-12-23-41(45)42-30-29-36(32-49(42)52)40-25-16-28-47-50(40)43-24-13-15-27-46(43)51(47)38-21-10-5-11-22-38/h3-12,14-23,25-33,39,44H,2,13,24H2,1H3/t39-,44?/m0/s1. The number of benzene rings is 6. The molecule has 8 aromatic rings. The second-order valence-corrected chi connectivity index (χ2v) is 14.3. The zero-order valence-corrected chi connectivity index (χ0v) is 29.4. The second-order valence-electron chi connectivity index (χ2n) is 14.3. The average Bonchev–Trinajstić information content (AvgIpc) is 3.74. The van der Waals surface area contributed by atoms with Gasteiger partial charge in [0.1, 0.15) is 0 Å². The Morgan fingerprint density at radius 1 is 0.615 bits per heavy atom. The highest BCUT2D eigenvalue weighted by molar-refractivity contribution is 6.12. The molecule has 2 atom stereocenters. The molecular weight excluding hydrogens is 629 g/mol. The van der Waals surface area contributed by atoms with Crippen LogP contribution in [0.5, 0.6) is 0 Å². The SMILES string of the molecule is CC[C@@H]1C(n2c3ccccc3c3ccc(-c4cccc5c4c4c(n5-c5ccccc5)C=CCC4)cc32)=CC(c2ccccc2)=CC1c1ccccc1. The molecule has 2 nitrogen and oxygen atoms in total. The van der Waals surface area contributed by atoms with Crippen LogP contribution in [0.3, 0.4) is 0 Å². The summed E-state index contributed by atoms with van der Waals surface area (Å²) in [4.78, 5) is 0. The minimum Gasteiger partial charge on any atom is -0.313 e. The van der Waals surface area contributed by atoms with Gasteiger partial charge in [-0.05, 0) is 95.1 Å².